The molecular formula is C15H16N4O2S2. The molecule has 0 bridgehead atoms. The molecule has 0 radical (unpaired) electrons. The second-order valence-electron chi connectivity index (χ2n) is 5.17. The number of amides is 1. The van der Waals surface area contributed by atoms with E-state index in [-0.39, 0.29) is 11.5 Å². The molecule has 0 unspecified atom stereocenters. The number of thiazole rings is 1. The number of thiophene rings is 1. The quantitative estimate of drug-likeness (QED) is 0.786. The van der Waals surface area contributed by atoms with E-state index >= 15 is 0 Å². The van der Waals surface area contributed by atoms with Gasteiger partial charge in [-0.1, -0.05) is 6.92 Å². The minimum atomic E-state index is -0.608. The summed E-state index contributed by atoms with van der Waals surface area (Å²) >= 11 is 2.84. The minimum Gasteiger partial charge on any atom is -0.300 e. The molecule has 0 saturated carbocycles. The molecule has 1 amide bonds. The number of aryl methyl sites for hydroxylation is 2. The number of fused-ring (bicyclic) bond motifs is 1. The zero-order valence-corrected chi connectivity index (χ0v) is 14.6. The molecule has 120 valence electrons. The molecule has 3 aromatic heterocycles. The van der Waals surface area contributed by atoms with Gasteiger partial charge in [-0.05, 0) is 25.8 Å². The van der Waals surface area contributed by atoms with Crippen molar-refractivity contribution in [3.8, 4) is 0 Å². The molecule has 0 aliphatic rings. The van der Waals surface area contributed by atoms with Gasteiger partial charge in [0.2, 0.25) is 5.91 Å². The molecule has 0 aromatic carbocycles. The van der Waals surface area contributed by atoms with Crippen LogP contribution in [0.2, 0.25) is 0 Å². The summed E-state index contributed by atoms with van der Waals surface area (Å²) < 4.78 is 1.42. The minimum absolute atomic E-state index is 0.169. The van der Waals surface area contributed by atoms with Crippen LogP contribution in [0, 0.1) is 13.8 Å². The number of anilines is 1. The van der Waals surface area contributed by atoms with Crippen LogP contribution in [0.1, 0.15) is 29.8 Å². The van der Waals surface area contributed by atoms with Gasteiger partial charge in [-0.15, -0.1) is 22.7 Å². The van der Waals surface area contributed by atoms with E-state index in [1.807, 2.05) is 20.8 Å². The molecule has 0 saturated heterocycles. The number of hydrogen-bond donors (Lipinski definition) is 1. The summed E-state index contributed by atoms with van der Waals surface area (Å²) in [5.41, 5.74) is 0.769. The smallest absolute Gasteiger partial charge is 0.263 e. The van der Waals surface area contributed by atoms with Crippen LogP contribution in [0.3, 0.4) is 0 Å². The van der Waals surface area contributed by atoms with Gasteiger partial charge in [0.25, 0.3) is 5.56 Å². The Labute approximate surface area is 140 Å². The normalized spacial score (nSPS) is 12.5. The first-order valence-electron chi connectivity index (χ1n) is 7.20. The maximum absolute atomic E-state index is 12.8. The number of hydrogen-bond acceptors (Lipinski definition) is 6. The van der Waals surface area contributed by atoms with E-state index in [9.17, 15) is 9.59 Å². The first-order valence-corrected chi connectivity index (χ1v) is 8.89. The van der Waals surface area contributed by atoms with Crippen LogP contribution in [0.5, 0.6) is 0 Å². The van der Waals surface area contributed by atoms with Crippen LogP contribution >= 0.6 is 22.7 Å². The Balaban J connectivity index is 2.03. The first kappa shape index (κ1) is 15.8. The lowest BCUT2D eigenvalue weighted by Crippen LogP contribution is -2.33. The van der Waals surface area contributed by atoms with Crippen molar-refractivity contribution >= 4 is 43.9 Å². The monoisotopic (exact) mass is 348 g/mol. The maximum Gasteiger partial charge on any atom is 0.263 e. The summed E-state index contributed by atoms with van der Waals surface area (Å²) in [6.45, 7) is 5.75. The van der Waals surface area contributed by atoms with Crippen LogP contribution in [0.25, 0.3) is 10.2 Å². The van der Waals surface area contributed by atoms with Crippen molar-refractivity contribution in [3.63, 3.8) is 0 Å². The lowest BCUT2D eigenvalue weighted by Gasteiger charge is -2.16. The number of carbonyl (C=O) groups excluding carboxylic acids is 1. The van der Waals surface area contributed by atoms with Gasteiger partial charge < -0.3 is 5.32 Å². The third-order valence-electron chi connectivity index (χ3n) is 3.80. The fourth-order valence-electron chi connectivity index (χ4n) is 2.45. The Morgan fingerprint density at radius 3 is 2.83 bits per heavy atom. The van der Waals surface area contributed by atoms with Crippen LogP contribution in [0.15, 0.2) is 22.7 Å². The van der Waals surface area contributed by atoms with E-state index in [4.69, 9.17) is 0 Å². The highest BCUT2D eigenvalue weighted by Gasteiger charge is 2.23. The van der Waals surface area contributed by atoms with Crippen molar-refractivity contribution in [2.75, 3.05) is 5.32 Å². The number of nitrogens with zero attached hydrogens (tertiary/aromatic N) is 3. The summed E-state index contributed by atoms with van der Waals surface area (Å²) in [4.78, 5) is 35.5. The van der Waals surface area contributed by atoms with Crippen molar-refractivity contribution in [1.82, 2.24) is 14.5 Å². The largest absolute Gasteiger partial charge is 0.300 e. The van der Waals surface area contributed by atoms with Crippen molar-refractivity contribution in [2.24, 2.45) is 0 Å². The molecule has 0 fully saturated rings. The van der Waals surface area contributed by atoms with Gasteiger partial charge in [0.1, 0.15) is 10.9 Å². The van der Waals surface area contributed by atoms with Crippen molar-refractivity contribution in [2.45, 2.75) is 33.2 Å². The SMILES string of the molecule is CC[C@H](C(=O)Nc1nccs1)n1cnc2sc(C)c(C)c2c1=O. The fourth-order valence-corrected chi connectivity index (χ4v) is 3.97. The van der Waals surface area contributed by atoms with E-state index < -0.39 is 6.04 Å². The standard InChI is InChI=1S/C15H16N4O2S2/c1-4-10(12(20)18-15-16-5-6-22-15)19-7-17-13-11(14(19)21)8(2)9(3)23-13/h5-7,10H,4H2,1-3H3,(H,16,18,20)/t10-/m1/s1. The molecule has 0 aliphatic heterocycles. The van der Waals surface area contributed by atoms with Gasteiger partial charge >= 0.3 is 0 Å². The van der Waals surface area contributed by atoms with Crippen LogP contribution in [-0.4, -0.2) is 20.4 Å². The molecule has 3 rings (SSSR count). The van der Waals surface area contributed by atoms with Gasteiger partial charge in [0.05, 0.1) is 11.7 Å². The Bertz CT molecular complexity index is 912. The molecule has 3 aromatic rings. The lowest BCUT2D eigenvalue weighted by atomic mass is 10.2. The number of carbonyl (C=O) groups is 1. The predicted octanol–water partition coefficient (Wildman–Crippen LogP) is 3.12. The molecule has 23 heavy (non-hydrogen) atoms. The lowest BCUT2D eigenvalue weighted by molar-refractivity contribution is -0.119. The second-order valence-corrected chi connectivity index (χ2v) is 7.27. The summed E-state index contributed by atoms with van der Waals surface area (Å²) in [6, 6.07) is -0.608. The zero-order valence-electron chi connectivity index (χ0n) is 13.0. The highest BCUT2D eigenvalue weighted by atomic mass is 32.1. The summed E-state index contributed by atoms with van der Waals surface area (Å²) in [6.07, 6.45) is 3.58. The summed E-state index contributed by atoms with van der Waals surface area (Å²) in [5, 5.41) is 5.67. The third kappa shape index (κ3) is 2.79. The Hall–Kier alpha value is -2.06. The van der Waals surface area contributed by atoms with Gasteiger partial charge in [0, 0.05) is 16.5 Å². The third-order valence-corrected chi connectivity index (χ3v) is 5.61. The van der Waals surface area contributed by atoms with Gasteiger partial charge in [0.15, 0.2) is 5.13 Å². The van der Waals surface area contributed by atoms with Crippen molar-refractivity contribution in [3.05, 3.63) is 38.7 Å². The van der Waals surface area contributed by atoms with Crippen molar-refractivity contribution < 1.29 is 4.79 Å². The Morgan fingerprint density at radius 1 is 1.39 bits per heavy atom. The summed E-state index contributed by atoms with van der Waals surface area (Å²) in [5.74, 6) is -0.254. The van der Waals surface area contributed by atoms with Gasteiger partial charge in [-0.25, -0.2) is 9.97 Å². The van der Waals surface area contributed by atoms with E-state index in [0.717, 1.165) is 15.3 Å². The molecule has 6 nitrogen and oxygen atoms in total. The molecule has 8 heteroatoms. The molecule has 1 N–H and O–H groups in total. The predicted molar refractivity (Wildman–Crippen MR) is 93.4 cm³/mol. The molecule has 0 spiro atoms. The fraction of sp³-hybridized carbons (Fsp3) is 0.333. The molecule has 1 atom stereocenters. The second kappa shape index (κ2) is 6.21. The topological polar surface area (TPSA) is 76.9 Å². The van der Waals surface area contributed by atoms with Crippen LogP contribution in [-0.2, 0) is 4.79 Å². The molecule has 3 heterocycles. The zero-order chi connectivity index (χ0) is 16.6. The Kier molecular flexibility index (Phi) is 4.27. The van der Waals surface area contributed by atoms with E-state index in [1.54, 1.807) is 11.6 Å². The highest BCUT2D eigenvalue weighted by molar-refractivity contribution is 7.18. The summed E-state index contributed by atoms with van der Waals surface area (Å²) in [7, 11) is 0. The first-order chi connectivity index (χ1) is 11.0. The average molecular weight is 348 g/mol. The van der Waals surface area contributed by atoms with E-state index in [1.165, 1.54) is 33.6 Å². The molecular weight excluding hydrogens is 332 g/mol. The van der Waals surface area contributed by atoms with Crippen LogP contribution < -0.4 is 10.9 Å². The van der Waals surface area contributed by atoms with Gasteiger partial charge in [-0.3, -0.25) is 14.2 Å². The molecule has 0 aliphatic carbocycles. The maximum atomic E-state index is 12.8. The Morgan fingerprint density at radius 2 is 2.17 bits per heavy atom. The highest BCUT2D eigenvalue weighted by Crippen LogP contribution is 2.26. The van der Waals surface area contributed by atoms with E-state index in [0.29, 0.717) is 16.9 Å². The number of nitrogens with one attached hydrogen (secondary N) is 1. The van der Waals surface area contributed by atoms with E-state index in [2.05, 4.69) is 15.3 Å². The van der Waals surface area contributed by atoms with Gasteiger partial charge in [-0.2, -0.15) is 0 Å². The number of aromatic nitrogens is 3. The van der Waals surface area contributed by atoms with Crippen molar-refractivity contribution in [1.29, 1.82) is 0 Å². The van der Waals surface area contributed by atoms with Crippen LogP contribution in [0.4, 0.5) is 5.13 Å². The number of rotatable bonds is 4. The average Bonchev–Trinajstić information content (AvgIpc) is 3.11.